The Kier molecular flexibility index (Phi) is 5.61. The lowest BCUT2D eigenvalue weighted by Crippen LogP contribution is -2.37. The highest BCUT2D eigenvalue weighted by atomic mass is 35.5. The zero-order valence-corrected chi connectivity index (χ0v) is 18.0. The number of hydrogen-bond acceptors (Lipinski definition) is 4. The third kappa shape index (κ3) is 3.90. The summed E-state index contributed by atoms with van der Waals surface area (Å²) in [5.41, 5.74) is 3.70. The molecule has 7 heteroatoms. The molecule has 0 aliphatic carbocycles. The highest BCUT2D eigenvalue weighted by molar-refractivity contribution is 7.22. The largest absolute Gasteiger partial charge is 0.376 e. The molecule has 0 saturated carbocycles. The topological polar surface area (TPSA) is 42.4 Å². The molecule has 4 nitrogen and oxygen atoms in total. The Morgan fingerprint density at radius 2 is 2.04 bits per heavy atom. The number of fused-ring (bicyclic) bond motifs is 1. The van der Waals surface area contributed by atoms with Gasteiger partial charge >= 0.3 is 0 Å². The molecule has 1 aliphatic heterocycles. The van der Waals surface area contributed by atoms with Crippen molar-refractivity contribution in [3.8, 4) is 0 Å². The van der Waals surface area contributed by atoms with Crippen molar-refractivity contribution in [1.82, 2.24) is 4.98 Å². The van der Waals surface area contributed by atoms with Crippen molar-refractivity contribution in [3.63, 3.8) is 0 Å². The maximum atomic E-state index is 13.4. The number of carbonyl (C=O) groups excluding carboxylic acids is 1. The molecule has 2 heterocycles. The van der Waals surface area contributed by atoms with Gasteiger partial charge in [-0.15, -0.1) is 0 Å². The van der Waals surface area contributed by atoms with E-state index in [2.05, 4.69) is 26.0 Å². The highest BCUT2D eigenvalue weighted by Gasteiger charge is 2.28. The smallest absolute Gasteiger partial charge is 0.261 e. The number of rotatable bonds is 4. The molecule has 1 aliphatic rings. The van der Waals surface area contributed by atoms with Gasteiger partial charge in [-0.2, -0.15) is 0 Å². The first-order chi connectivity index (χ1) is 13.4. The van der Waals surface area contributed by atoms with Crippen molar-refractivity contribution in [2.24, 2.45) is 0 Å². The molecule has 1 amide bonds. The van der Waals surface area contributed by atoms with Crippen LogP contribution in [0.3, 0.4) is 0 Å². The summed E-state index contributed by atoms with van der Waals surface area (Å²) >= 11 is 13.8. The Labute approximate surface area is 178 Å². The molecule has 1 aromatic heterocycles. The van der Waals surface area contributed by atoms with Crippen molar-refractivity contribution in [3.05, 3.63) is 57.1 Å². The van der Waals surface area contributed by atoms with Crippen LogP contribution in [0.1, 0.15) is 34.3 Å². The summed E-state index contributed by atoms with van der Waals surface area (Å²) in [5, 5.41) is 1.49. The van der Waals surface area contributed by atoms with Crippen molar-refractivity contribution in [2.75, 3.05) is 18.1 Å². The van der Waals surface area contributed by atoms with Crippen LogP contribution in [0.5, 0.6) is 0 Å². The van der Waals surface area contributed by atoms with E-state index in [1.54, 1.807) is 23.1 Å². The van der Waals surface area contributed by atoms with Gasteiger partial charge in [-0.25, -0.2) is 4.98 Å². The molecule has 146 valence electrons. The van der Waals surface area contributed by atoms with E-state index in [4.69, 9.17) is 32.9 Å². The molecular formula is C21H20Cl2N2O2S. The molecule has 1 atom stereocenters. The Balaban J connectivity index is 1.75. The van der Waals surface area contributed by atoms with Crippen LogP contribution in [-0.2, 0) is 4.74 Å². The van der Waals surface area contributed by atoms with Gasteiger partial charge in [0.2, 0.25) is 0 Å². The Bertz CT molecular complexity index is 1010. The molecular weight excluding hydrogens is 415 g/mol. The normalized spacial score (nSPS) is 16.6. The molecule has 4 rings (SSSR count). The van der Waals surface area contributed by atoms with Gasteiger partial charge < -0.3 is 4.74 Å². The standard InChI is InChI=1S/C21H20Cl2N2O2S/c1-12-8-18-19(9-13(12)2)28-21(24-18)25(11-15-4-3-7-27-15)20(26)16-6-5-14(22)10-17(16)23/h5-6,8-10,15H,3-4,7,11H2,1-2H3. The van der Waals surface area contributed by atoms with Gasteiger partial charge in [0.25, 0.3) is 5.91 Å². The summed E-state index contributed by atoms with van der Waals surface area (Å²) in [6.45, 7) is 5.33. The number of benzene rings is 2. The van der Waals surface area contributed by atoms with Gasteiger partial charge in [-0.1, -0.05) is 34.5 Å². The zero-order valence-electron chi connectivity index (χ0n) is 15.7. The first-order valence-electron chi connectivity index (χ1n) is 9.18. The van der Waals surface area contributed by atoms with E-state index in [1.165, 1.54) is 22.5 Å². The summed E-state index contributed by atoms with van der Waals surface area (Å²) in [6, 6.07) is 9.11. The quantitative estimate of drug-likeness (QED) is 0.501. The molecule has 0 bridgehead atoms. The average Bonchev–Trinajstić information content (AvgIpc) is 3.29. The number of aryl methyl sites for hydroxylation is 2. The summed E-state index contributed by atoms with van der Waals surface area (Å²) < 4.78 is 6.84. The van der Waals surface area contributed by atoms with Gasteiger partial charge in [0.1, 0.15) is 0 Å². The lowest BCUT2D eigenvalue weighted by molar-refractivity contribution is 0.0917. The second kappa shape index (κ2) is 7.99. The predicted octanol–water partition coefficient (Wildman–Crippen LogP) is 6.05. The molecule has 1 unspecified atom stereocenters. The number of hydrogen-bond donors (Lipinski definition) is 0. The van der Waals surface area contributed by atoms with Gasteiger partial charge in [0.15, 0.2) is 5.13 Å². The molecule has 0 N–H and O–H groups in total. The van der Waals surface area contributed by atoms with Crippen LogP contribution < -0.4 is 4.90 Å². The van der Waals surface area contributed by atoms with Crippen molar-refractivity contribution >= 4 is 55.8 Å². The number of halogens is 2. The fraction of sp³-hybridized carbons (Fsp3) is 0.333. The van der Waals surface area contributed by atoms with Crippen molar-refractivity contribution in [2.45, 2.75) is 32.8 Å². The number of thiazole rings is 1. The summed E-state index contributed by atoms with van der Waals surface area (Å²) in [5.74, 6) is -0.190. The Hall–Kier alpha value is -1.66. The van der Waals surface area contributed by atoms with Crippen LogP contribution in [0.25, 0.3) is 10.2 Å². The van der Waals surface area contributed by atoms with E-state index in [-0.39, 0.29) is 12.0 Å². The van der Waals surface area contributed by atoms with E-state index >= 15 is 0 Å². The second-order valence-corrected chi connectivity index (χ2v) is 8.93. The number of anilines is 1. The second-order valence-electron chi connectivity index (χ2n) is 7.08. The van der Waals surface area contributed by atoms with E-state index in [9.17, 15) is 4.79 Å². The van der Waals surface area contributed by atoms with Crippen LogP contribution in [-0.4, -0.2) is 30.1 Å². The predicted molar refractivity (Wildman–Crippen MR) is 116 cm³/mol. The number of ether oxygens (including phenoxy) is 1. The van der Waals surface area contributed by atoms with Crippen LogP contribution in [0, 0.1) is 13.8 Å². The summed E-state index contributed by atoms with van der Waals surface area (Å²) in [6.07, 6.45) is 1.94. The van der Waals surface area contributed by atoms with Gasteiger partial charge in [0.05, 0.1) is 33.5 Å². The highest BCUT2D eigenvalue weighted by Crippen LogP contribution is 2.33. The van der Waals surface area contributed by atoms with E-state index in [0.29, 0.717) is 27.3 Å². The lowest BCUT2D eigenvalue weighted by Gasteiger charge is -2.23. The van der Waals surface area contributed by atoms with E-state index < -0.39 is 0 Å². The SMILES string of the molecule is Cc1cc2nc(N(CC3CCCO3)C(=O)c3ccc(Cl)cc3Cl)sc2cc1C. The summed E-state index contributed by atoms with van der Waals surface area (Å²) in [7, 11) is 0. The van der Waals surface area contributed by atoms with Gasteiger partial charge in [-0.05, 0) is 68.1 Å². The molecule has 3 aromatic rings. The molecule has 28 heavy (non-hydrogen) atoms. The molecule has 1 saturated heterocycles. The van der Waals surface area contributed by atoms with Crippen molar-refractivity contribution < 1.29 is 9.53 Å². The van der Waals surface area contributed by atoms with Gasteiger partial charge in [0, 0.05) is 11.6 Å². The van der Waals surface area contributed by atoms with Gasteiger partial charge in [-0.3, -0.25) is 9.69 Å². The minimum Gasteiger partial charge on any atom is -0.376 e. The third-order valence-corrected chi connectivity index (χ3v) is 6.63. The number of carbonyl (C=O) groups is 1. The Morgan fingerprint density at radius 3 is 2.75 bits per heavy atom. The summed E-state index contributed by atoms with van der Waals surface area (Å²) in [4.78, 5) is 19.8. The molecule has 1 fully saturated rings. The van der Waals surface area contributed by atoms with Crippen LogP contribution in [0.15, 0.2) is 30.3 Å². The minimum absolute atomic E-state index is 0.00510. The molecule has 0 radical (unpaired) electrons. The Morgan fingerprint density at radius 1 is 1.25 bits per heavy atom. The lowest BCUT2D eigenvalue weighted by atomic mass is 10.1. The average molecular weight is 435 g/mol. The van der Waals surface area contributed by atoms with Crippen molar-refractivity contribution in [1.29, 1.82) is 0 Å². The van der Waals surface area contributed by atoms with E-state index in [1.807, 2.05) is 0 Å². The van der Waals surface area contributed by atoms with Crippen LogP contribution >= 0.6 is 34.5 Å². The minimum atomic E-state index is -0.190. The maximum absolute atomic E-state index is 13.4. The number of amides is 1. The zero-order chi connectivity index (χ0) is 19.8. The van der Waals surface area contributed by atoms with E-state index in [0.717, 1.165) is 29.7 Å². The van der Waals surface area contributed by atoms with Crippen LogP contribution in [0.4, 0.5) is 5.13 Å². The van der Waals surface area contributed by atoms with Crippen LogP contribution in [0.2, 0.25) is 10.0 Å². The maximum Gasteiger partial charge on any atom is 0.261 e. The fourth-order valence-corrected chi connectivity index (χ4v) is 4.87. The fourth-order valence-electron chi connectivity index (χ4n) is 3.33. The molecule has 0 spiro atoms. The monoisotopic (exact) mass is 434 g/mol. The first kappa shape index (κ1) is 19.6. The first-order valence-corrected chi connectivity index (χ1v) is 10.8. The number of aromatic nitrogens is 1. The third-order valence-electron chi connectivity index (χ3n) is 5.04. The number of nitrogens with zero attached hydrogens (tertiary/aromatic N) is 2. The molecule has 2 aromatic carbocycles.